The van der Waals surface area contributed by atoms with Gasteiger partial charge in [0.15, 0.2) is 0 Å². The highest BCUT2D eigenvalue weighted by Gasteiger charge is 2.13. The van der Waals surface area contributed by atoms with Gasteiger partial charge in [0.05, 0.1) is 10.0 Å². The number of thiazole rings is 1. The topological polar surface area (TPSA) is 38.9 Å². The lowest BCUT2D eigenvalue weighted by atomic mass is 10.1. The van der Waals surface area contributed by atoms with E-state index in [1.807, 2.05) is 18.2 Å². The summed E-state index contributed by atoms with van der Waals surface area (Å²) in [6.45, 7) is 2.13. The average molecular weight is 332 g/mol. The fraction of sp³-hybridized carbons (Fsp3) is 0.250. The van der Waals surface area contributed by atoms with Gasteiger partial charge in [0.1, 0.15) is 10.7 Å². The molecule has 17 heavy (non-hydrogen) atoms. The van der Waals surface area contributed by atoms with Crippen molar-refractivity contribution in [3.05, 3.63) is 32.7 Å². The summed E-state index contributed by atoms with van der Waals surface area (Å²) in [5.41, 5.74) is 7.69. The Morgan fingerprint density at radius 3 is 2.88 bits per heavy atom. The first kappa shape index (κ1) is 12.9. The largest absolute Gasteiger partial charge is 0.389 e. The minimum atomic E-state index is 0.666. The van der Waals surface area contributed by atoms with Crippen LogP contribution in [0.4, 0.5) is 5.00 Å². The summed E-state index contributed by atoms with van der Waals surface area (Å²) in [6.07, 6.45) is 2.03. The number of benzene rings is 1. The van der Waals surface area contributed by atoms with Crippen molar-refractivity contribution in [1.82, 2.24) is 4.98 Å². The summed E-state index contributed by atoms with van der Waals surface area (Å²) in [5.74, 6) is 0. The minimum Gasteiger partial charge on any atom is -0.389 e. The van der Waals surface area contributed by atoms with Crippen LogP contribution in [0.1, 0.15) is 18.4 Å². The van der Waals surface area contributed by atoms with E-state index in [-0.39, 0.29) is 0 Å². The molecule has 2 N–H and O–H groups in total. The third kappa shape index (κ3) is 2.81. The molecule has 0 spiro atoms. The maximum Gasteiger partial charge on any atom is 0.114 e. The van der Waals surface area contributed by atoms with Gasteiger partial charge in [-0.25, -0.2) is 4.98 Å². The Labute approximate surface area is 118 Å². The second-order valence-corrected chi connectivity index (χ2v) is 6.13. The molecule has 0 amide bonds. The number of nitrogens with two attached hydrogens (primary N) is 1. The third-order valence-electron chi connectivity index (χ3n) is 2.35. The molecule has 0 radical (unpaired) electrons. The number of nitrogens with zero attached hydrogens (tertiary/aromatic N) is 1. The van der Waals surface area contributed by atoms with Gasteiger partial charge >= 0.3 is 0 Å². The van der Waals surface area contributed by atoms with Crippen LogP contribution in [0.3, 0.4) is 0 Å². The second-order valence-electron chi connectivity index (χ2n) is 3.69. The van der Waals surface area contributed by atoms with E-state index in [4.69, 9.17) is 17.3 Å². The lowest BCUT2D eigenvalue weighted by Gasteiger charge is -2.02. The fourth-order valence-corrected chi connectivity index (χ4v) is 3.29. The van der Waals surface area contributed by atoms with Crippen LogP contribution in [0.2, 0.25) is 5.02 Å². The quantitative estimate of drug-likeness (QED) is 0.880. The van der Waals surface area contributed by atoms with Crippen LogP contribution in [0, 0.1) is 0 Å². The standard InChI is InChI=1S/C12H12BrClN2S/c1-2-3-10-16-11(12(15)17-10)8-5-4-7(13)6-9(8)14/h4-6H,2-3,15H2,1H3. The molecule has 0 aliphatic carbocycles. The summed E-state index contributed by atoms with van der Waals surface area (Å²) >= 11 is 11.1. The Bertz CT molecular complexity index is 539. The number of rotatable bonds is 3. The highest BCUT2D eigenvalue weighted by molar-refractivity contribution is 9.10. The molecule has 0 atom stereocenters. The van der Waals surface area contributed by atoms with Crippen LogP contribution in [0.5, 0.6) is 0 Å². The van der Waals surface area contributed by atoms with Gasteiger partial charge in [0.2, 0.25) is 0 Å². The number of halogens is 2. The average Bonchev–Trinajstić information content (AvgIpc) is 2.60. The van der Waals surface area contributed by atoms with Gasteiger partial charge < -0.3 is 5.73 Å². The Balaban J connectivity index is 2.45. The van der Waals surface area contributed by atoms with Crippen LogP contribution in [0.25, 0.3) is 11.3 Å². The first-order valence-corrected chi connectivity index (χ1v) is 7.31. The maximum absolute atomic E-state index is 6.20. The second kappa shape index (κ2) is 5.38. The Hall–Kier alpha value is -0.580. The summed E-state index contributed by atoms with van der Waals surface area (Å²) in [4.78, 5) is 4.55. The van der Waals surface area contributed by atoms with Crippen molar-refractivity contribution in [2.45, 2.75) is 19.8 Å². The predicted molar refractivity (Wildman–Crippen MR) is 78.7 cm³/mol. The Kier molecular flexibility index (Phi) is 4.07. The van der Waals surface area contributed by atoms with Crippen molar-refractivity contribution in [1.29, 1.82) is 0 Å². The Morgan fingerprint density at radius 2 is 2.24 bits per heavy atom. The first-order valence-electron chi connectivity index (χ1n) is 5.32. The summed E-state index contributed by atoms with van der Waals surface area (Å²) in [7, 11) is 0. The van der Waals surface area contributed by atoms with E-state index < -0.39 is 0 Å². The molecular weight excluding hydrogens is 320 g/mol. The van der Waals surface area contributed by atoms with E-state index in [2.05, 4.69) is 27.8 Å². The van der Waals surface area contributed by atoms with Gasteiger partial charge in [-0.3, -0.25) is 0 Å². The number of aromatic nitrogens is 1. The number of nitrogen functional groups attached to an aromatic ring is 1. The molecule has 2 nitrogen and oxygen atoms in total. The molecule has 1 aromatic heterocycles. The van der Waals surface area contributed by atoms with Crippen molar-refractivity contribution in [3.8, 4) is 11.3 Å². The Morgan fingerprint density at radius 1 is 1.47 bits per heavy atom. The number of hydrogen-bond acceptors (Lipinski definition) is 3. The van der Waals surface area contributed by atoms with Crippen LogP contribution in [-0.4, -0.2) is 4.98 Å². The van der Waals surface area contributed by atoms with Gasteiger partial charge in [0.25, 0.3) is 0 Å². The van der Waals surface area contributed by atoms with Crippen molar-refractivity contribution in [2.24, 2.45) is 0 Å². The lowest BCUT2D eigenvalue weighted by molar-refractivity contribution is 0.910. The van der Waals surface area contributed by atoms with Gasteiger partial charge in [-0.2, -0.15) is 0 Å². The third-order valence-corrected chi connectivity index (χ3v) is 4.10. The molecule has 0 aliphatic rings. The van der Waals surface area contributed by atoms with Crippen LogP contribution in [0.15, 0.2) is 22.7 Å². The molecule has 90 valence electrons. The van der Waals surface area contributed by atoms with Gasteiger partial charge in [-0.05, 0) is 25.0 Å². The molecule has 0 aliphatic heterocycles. The smallest absolute Gasteiger partial charge is 0.114 e. The molecule has 0 bridgehead atoms. The van der Waals surface area contributed by atoms with E-state index >= 15 is 0 Å². The highest BCUT2D eigenvalue weighted by atomic mass is 79.9. The molecule has 5 heteroatoms. The normalized spacial score (nSPS) is 10.8. The first-order chi connectivity index (χ1) is 8.11. The zero-order valence-electron chi connectivity index (χ0n) is 9.34. The molecule has 2 rings (SSSR count). The van der Waals surface area contributed by atoms with Crippen LogP contribution >= 0.6 is 38.9 Å². The summed E-state index contributed by atoms with van der Waals surface area (Å²) in [6, 6.07) is 5.74. The van der Waals surface area contributed by atoms with Crippen molar-refractivity contribution >= 4 is 43.9 Å². The van der Waals surface area contributed by atoms with Gasteiger partial charge in [-0.1, -0.05) is 40.5 Å². The molecule has 0 fully saturated rings. The summed E-state index contributed by atoms with van der Waals surface area (Å²) in [5, 5.41) is 2.47. The monoisotopic (exact) mass is 330 g/mol. The van der Waals surface area contributed by atoms with Crippen molar-refractivity contribution < 1.29 is 0 Å². The van der Waals surface area contributed by atoms with E-state index in [0.29, 0.717) is 5.02 Å². The van der Waals surface area contributed by atoms with E-state index in [1.54, 1.807) is 11.3 Å². The van der Waals surface area contributed by atoms with Crippen molar-refractivity contribution in [3.63, 3.8) is 0 Å². The zero-order valence-corrected chi connectivity index (χ0v) is 12.5. The molecular formula is C12H12BrClN2S. The predicted octanol–water partition coefficient (Wildman–Crippen LogP) is 4.76. The van der Waals surface area contributed by atoms with Crippen molar-refractivity contribution in [2.75, 3.05) is 5.73 Å². The fourth-order valence-electron chi connectivity index (χ4n) is 1.57. The van der Waals surface area contributed by atoms with Gasteiger partial charge in [-0.15, -0.1) is 11.3 Å². The molecule has 0 unspecified atom stereocenters. The highest BCUT2D eigenvalue weighted by Crippen LogP contribution is 2.36. The summed E-state index contributed by atoms with van der Waals surface area (Å²) < 4.78 is 0.953. The zero-order chi connectivity index (χ0) is 12.4. The van der Waals surface area contributed by atoms with E-state index in [0.717, 1.165) is 38.6 Å². The molecule has 1 aromatic carbocycles. The molecule has 0 saturated heterocycles. The number of aryl methyl sites for hydroxylation is 1. The maximum atomic E-state index is 6.20. The van der Waals surface area contributed by atoms with Crippen LogP contribution < -0.4 is 5.73 Å². The van der Waals surface area contributed by atoms with E-state index in [1.165, 1.54) is 0 Å². The van der Waals surface area contributed by atoms with Crippen LogP contribution in [-0.2, 0) is 6.42 Å². The number of anilines is 1. The van der Waals surface area contributed by atoms with Gasteiger partial charge in [0, 0.05) is 10.0 Å². The molecule has 1 heterocycles. The van der Waals surface area contributed by atoms with E-state index in [9.17, 15) is 0 Å². The molecule has 0 saturated carbocycles. The minimum absolute atomic E-state index is 0.666. The SMILES string of the molecule is CCCc1nc(-c2ccc(Br)cc2Cl)c(N)s1. The molecule has 2 aromatic rings. The lowest BCUT2D eigenvalue weighted by Crippen LogP contribution is -1.87. The number of hydrogen-bond donors (Lipinski definition) is 1.